The molecule has 2 saturated heterocycles. The number of aliphatic imine (C=N–C) groups is 1. The molecular weight excluding hydrogens is 460 g/mol. The summed E-state index contributed by atoms with van der Waals surface area (Å²) in [6.45, 7) is 5.73. The SMILES string of the molecule is CCN1C(=O)/C(=C/c2ccc(-c3ccc(C#N)cc3)o2)SC1=Nc1ccc(N2CCOCC2)cc1. The summed E-state index contributed by atoms with van der Waals surface area (Å²) < 4.78 is 11.4. The van der Waals surface area contributed by atoms with E-state index in [1.165, 1.54) is 11.8 Å². The smallest absolute Gasteiger partial charge is 0.266 e. The van der Waals surface area contributed by atoms with Crippen LogP contribution in [0.25, 0.3) is 17.4 Å². The summed E-state index contributed by atoms with van der Waals surface area (Å²) in [6, 6.07) is 21.1. The van der Waals surface area contributed by atoms with Crippen LogP contribution in [0.3, 0.4) is 0 Å². The molecule has 0 N–H and O–H groups in total. The lowest BCUT2D eigenvalue weighted by molar-refractivity contribution is -0.122. The molecule has 5 rings (SSSR count). The number of amides is 1. The molecule has 0 atom stereocenters. The minimum Gasteiger partial charge on any atom is -0.457 e. The van der Waals surface area contributed by atoms with Crippen LogP contribution >= 0.6 is 11.8 Å². The van der Waals surface area contributed by atoms with Crippen molar-refractivity contribution in [2.45, 2.75) is 6.92 Å². The number of nitrogens with zero attached hydrogens (tertiary/aromatic N) is 4. The maximum absolute atomic E-state index is 13.0. The topological polar surface area (TPSA) is 82.1 Å². The number of hydrogen-bond donors (Lipinski definition) is 0. The number of hydrogen-bond acceptors (Lipinski definition) is 7. The number of benzene rings is 2. The van der Waals surface area contributed by atoms with E-state index in [-0.39, 0.29) is 5.91 Å². The van der Waals surface area contributed by atoms with Crippen LogP contribution in [0.2, 0.25) is 0 Å². The molecule has 0 aliphatic carbocycles. The van der Waals surface area contributed by atoms with Crippen molar-refractivity contribution in [3.63, 3.8) is 0 Å². The first-order chi connectivity index (χ1) is 17.1. The van der Waals surface area contributed by atoms with Crippen molar-refractivity contribution in [1.29, 1.82) is 5.26 Å². The lowest BCUT2D eigenvalue weighted by Gasteiger charge is -2.28. The maximum Gasteiger partial charge on any atom is 0.266 e. The first-order valence-electron chi connectivity index (χ1n) is 11.5. The number of carbonyl (C=O) groups is 1. The first kappa shape index (κ1) is 23.0. The van der Waals surface area contributed by atoms with Crippen molar-refractivity contribution < 1.29 is 13.9 Å². The Morgan fingerprint density at radius 2 is 1.80 bits per heavy atom. The summed E-state index contributed by atoms with van der Waals surface area (Å²) in [5, 5.41) is 9.63. The zero-order chi connectivity index (χ0) is 24.2. The van der Waals surface area contributed by atoms with E-state index in [0.717, 1.165) is 43.2 Å². The Kier molecular flexibility index (Phi) is 6.70. The van der Waals surface area contributed by atoms with Crippen LogP contribution < -0.4 is 4.90 Å². The molecule has 2 aromatic carbocycles. The zero-order valence-electron chi connectivity index (χ0n) is 19.3. The van der Waals surface area contributed by atoms with Gasteiger partial charge in [0.05, 0.1) is 35.4 Å². The number of morpholine rings is 1. The summed E-state index contributed by atoms with van der Waals surface area (Å²) in [5.41, 5.74) is 3.42. The number of rotatable bonds is 5. The van der Waals surface area contributed by atoms with E-state index in [4.69, 9.17) is 19.4 Å². The third kappa shape index (κ3) is 5.02. The van der Waals surface area contributed by atoms with Crippen LogP contribution in [0.1, 0.15) is 18.2 Å². The largest absolute Gasteiger partial charge is 0.457 e. The highest BCUT2D eigenvalue weighted by atomic mass is 32.2. The number of thioether (sulfide) groups is 1. The molecule has 1 aromatic heterocycles. The average molecular weight is 485 g/mol. The van der Waals surface area contributed by atoms with Crippen LogP contribution in [0.5, 0.6) is 0 Å². The Hall–Kier alpha value is -3.80. The van der Waals surface area contributed by atoms with E-state index in [1.807, 2.05) is 43.3 Å². The van der Waals surface area contributed by atoms with Gasteiger partial charge in [-0.1, -0.05) is 0 Å². The van der Waals surface area contributed by atoms with Crippen LogP contribution in [0.4, 0.5) is 11.4 Å². The minimum absolute atomic E-state index is 0.0856. The van der Waals surface area contributed by atoms with E-state index in [0.29, 0.717) is 33.7 Å². The normalized spacial score (nSPS) is 18.5. The highest BCUT2D eigenvalue weighted by molar-refractivity contribution is 8.18. The van der Waals surface area contributed by atoms with E-state index in [2.05, 4.69) is 23.1 Å². The number of furan rings is 1. The van der Waals surface area contributed by atoms with Crippen molar-refractivity contribution in [3.05, 3.63) is 76.9 Å². The van der Waals surface area contributed by atoms with Gasteiger partial charge in [0.2, 0.25) is 0 Å². The Morgan fingerprint density at radius 3 is 2.49 bits per heavy atom. The summed E-state index contributed by atoms with van der Waals surface area (Å²) >= 11 is 1.35. The molecule has 3 aromatic rings. The summed E-state index contributed by atoms with van der Waals surface area (Å²) in [7, 11) is 0. The Labute approximate surface area is 208 Å². The fourth-order valence-electron chi connectivity index (χ4n) is 3.96. The van der Waals surface area contributed by atoms with Crippen LogP contribution in [-0.2, 0) is 9.53 Å². The molecular formula is C27H24N4O3S. The third-order valence-electron chi connectivity index (χ3n) is 5.85. The Balaban J connectivity index is 1.34. The molecule has 8 heteroatoms. The number of amidine groups is 1. The van der Waals surface area contributed by atoms with Gasteiger partial charge in [-0.25, -0.2) is 4.99 Å². The van der Waals surface area contributed by atoms with E-state index in [1.54, 1.807) is 23.1 Å². The van der Waals surface area contributed by atoms with Crippen LogP contribution in [0.15, 0.2) is 75.0 Å². The highest BCUT2D eigenvalue weighted by Gasteiger charge is 2.32. The minimum atomic E-state index is -0.0856. The Morgan fingerprint density at radius 1 is 1.06 bits per heavy atom. The molecule has 2 fully saturated rings. The standard InChI is InChI=1S/C27H24N4O3S/c1-2-31-26(32)25(17-23-11-12-24(34-23)20-5-3-19(18-28)4-6-20)35-27(31)29-21-7-9-22(10-8-21)30-13-15-33-16-14-30/h3-12,17H,2,13-16H2,1H3/b25-17-,29-27?. The fourth-order valence-corrected chi connectivity index (χ4v) is 5.01. The summed E-state index contributed by atoms with van der Waals surface area (Å²) in [5.74, 6) is 1.18. The van der Waals surface area contributed by atoms with Crippen LogP contribution in [0, 0.1) is 11.3 Å². The molecule has 2 aliphatic rings. The van der Waals surface area contributed by atoms with Gasteiger partial charge in [0.15, 0.2) is 5.17 Å². The van der Waals surface area contributed by atoms with Crippen molar-refractivity contribution in [2.24, 2.45) is 4.99 Å². The predicted octanol–water partition coefficient (Wildman–Crippen LogP) is 5.28. The number of ether oxygens (including phenoxy) is 1. The maximum atomic E-state index is 13.0. The van der Waals surface area contributed by atoms with Gasteiger partial charge in [0, 0.05) is 37.0 Å². The van der Waals surface area contributed by atoms with Crippen molar-refractivity contribution in [3.8, 4) is 17.4 Å². The van der Waals surface area contributed by atoms with Crippen LogP contribution in [-0.4, -0.2) is 48.8 Å². The van der Waals surface area contributed by atoms with Gasteiger partial charge in [0.1, 0.15) is 11.5 Å². The lowest BCUT2D eigenvalue weighted by atomic mass is 10.1. The van der Waals surface area contributed by atoms with Gasteiger partial charge >= 0.3 is 0 Å². The van der Waals surface area contributed by atoms with Gasteiger partial charge in [-0.3, -0.25) is 9.69 Å². The molecule has 0 unspecified atom stereocenters. The molecule has 176 valence electrons. The molecule has 0 radical (unpaired) electrons. The van der Waals surface area contributed by atoms with Gasteiger partial charge in [-0.05, 0) is 79.3 Å². The predicted molar refractivity (Wildman–Crippen MR) is 138 cm³/mol. The zero-order valence-corrected chi connectivity index (χ0v) is 20.1. The first-order valence-corrected chi connectivity index (χ1v) is 12.3. The second-order valence-electron chi connectivity index (χ2n) is 8.06. The summed E-state index contributed by atoms with van der Waals surface area (Å²) in [6.07, 6.45) is 1.76. The van der Waals surface area contributed by atoms with Gasteiger partial charge in [0.25, 0.3) is 5.91 Å². The van der Waals surface area contributed by atoms with E-state index >= 15 is 0 Å². The van der Waals surface area contributed by atoms with Crippen molar-refractivity contribution in [2.75, 3.05) is 37.7 Å². The molecule has 3 heterocycles. The van der Waals surface area contributed by atoms with Gasteiger partial charge in [-0.2, -0.15) is 5.26 Å². The second-order valence-corrected chi connectivity index (χ2v) is 9.07. The van der Waals surface area contributed by atoms with E-state index in [9.17, 15) is 4.79 Å². The Bertz CT molecular complexity index is 1310. The number of likely N-dealkylation sites (N-methyl/N-ethyl adjacent to an activating group) is 1. The van der Waals surface area contributed by atoms with Crippen molar-refractivity contribution in [1.82, 2.24) is 4.90 Å². The molecule has 0 bridgehead atoms. The second kappa shape index (κ2) is 10.2. The monoisotopic (exact) mass is 484 g/mol. The van der Waals surface area contributed by atoms with Gasteiger partial charge < -0.3 is 14.1 Å². The number of nitriles is 1. The fraction of sp³-hybridized carbons (Fsp3) is 0.222. The third-order valence-corrected chi connectivity index (χ3v) is 6.86. The molecule has 7 nitrogen and oxygen atoms in total. The number of carbonyl (C=O) groups excluding carboxylic acids is 1. The molecule has 35 heavy (non-hydrogen) atoms. The molecule has 2 aliphatic heterocycles. The lowest BCUT2D eigenvalue weighted by Crippen LogP contribution is -2.36. The van der Waals surface area contributed by atoms with Crippen molar-refractivity contribution >= 4 is 40.3 Å². The van der Waals surface area contributed by atoms with Gasteiger partial charge in [-0.15, -0.1) is 0 Å². The van der Waals surface area contributed by atoms with E-state index < -0.39 is 0 Å². The summed E-state index contributed by atoms with van der Waals surface area (Å²) in [4.78, 5) is 22.3. The quantitative estimate of drug-likeness (QED) is 0.459. The highest BCUT2D eigenvalue weighted by Crippen LogP contribution is 2.35. The molecule has 1 amide bonds. The average Bonchev–Trinajstić information content (AvgIpc) is 3.49. The molecule has 0 saturated carbocycles. The number of anilines is 1. The molecule has 0 spiro atoms.